The second kappa shape index (κ2) is 6.09. The van der Waals surface area contributed by atoms with Gasteiger partial charge in [0.25, 0.3) is 5.91 Å². The smallest absolute Gasteiger partial charge is 0.250 e. The van der Waals surface area contributed by atoms with Crippen LogP contribution in [0.1, 0.15) is 36.7 Å². The van der Waals surface area contributed by atoms with Crippen molar-refractivity contribution in [3.05, 3.63) is 53.6 Å². The topological polar surface area (TPSA) is 83.8 Å². The third-order valence-corrected chi connectivity index (χ3v) is 3.83. The van der Waals surface area contributed by atoms with Crippen LogP contribution in [0.25, 0.3) is 22.4 Å². The normalized spacial score (nSPS) is 11.8. The Hall–Kier alpha value is -2.66. The van der Waals surface area contributed by atoms with Gasteiger partial charge in [-0.25, -0.2) is 4.98 Å². The molecule has 0 fully saturated rings. The van der Waals surface area contributed by atoms with Crippen LogP contribution in [0.2, 0.25) is 0 Å². The first kappa shape index (κ1) is 16.2. The Bertz CT molecular complexity index is 873. The van der Waals surface area contributed by atoms with Gasteiger partial charge < -0.3 is 16.0 Å². The fourth-order valence-corrected chi connectivity index (χ4v) is 2.52. The molecule has 0 atom stereocenters. The van der Waals surface area contributed by atoms with Crippen LogP contribution in [0, 0.1) is 0 Å². The van der Waals surface area contributed by atoms with E-state index in [9.17, 15) is 4.79 Å². The number of nitrogens with two attached hydrogens (primary N) is 1. The Labute approximate surface area is 141 Å². The second-order valence-electron chi connectivity index (χ2n) is 6.95. The molecule has 4 N–H and O–H groups in total. The molecular weight excluding hydrogens is 300 g/mol. The number of rotatable bonds is 4. The van der Waals surface area contributed by atoms with Crippen molar-refractivity contribution in [2.45, 2.75) is 32.9 Å². The number of hydrogen-bond donors (Lipinski definition) is 3. The van der Waals surface area contributed by atoms with Crippen molar-refractivity contribution in [3.8, 4) is 11.4 Å². The van der Waals surface area contributed by atoms with E-state index >= 15 is 0 Å². The second-order valence-corrected chi connectivity index (χ2v) is 6.95. The molecule has 0 aliphatic carbocycles. The predicted molar refractivity (Wildman–Crippen MR) is 96.6 cm³/mol. The van der Waals surface area contributed by atoms with Gasteiger partial charge in [0.2, 0.25) is 0 Å². The minimum absolute atomic E-state index is 0.0859. The van der Waals surface area contributed by atoms with Crippen molar-refractivity contribution in [2.24, 2.45) is 5.73 Å². The summed E-state index contributed by atoms with van der Waals surface area (Å²) in [5.74, 6) is 0.260. The van der Waals surface area contributed by atoms with Gasteiger partial charge in [0.15, 0.2) is 0 Å². The van der Waals surface area contributed by atoms with E-state index in [2.05, 4.69) is 48.2 Å². The minimum atomic E-state index is -0.470. The molecule has 0 saturated carbocycles. The molecule has 24 heavy (non-hydrogen) atoms. The van der Waals surface area contributed by atoms with Crippen molar-refractivity contribution < 1.29 is 4.79 Å². The summed E-state index contributed by atoms with van der Waals surface area (Å²) in [6, 6.07) is 13.6. The highest BCUT2D eigenvalue weighted by atomic mass is 16.1. The maximum Gasteiger partial charge on any atom is 0.250 e. The Kier molecular flexibility index (Phi) is 4.11. The fraction of sp³-hybridized carbons (Fsp3) is 0.263. The summed E-state index contributed by atoms with van der Waals surface area (Å²) < 4.78 is 0. The highest BCUT2D eigenvalue weighted by Crippen LogP contribution is 2.23. The van der Waals surface area contributed by atoms with Crippen molar-refractivity contribution in [1.29, 1.82) is 0 Å². The number of primary amides is 1. The molecule has 0 radical (unpaired) electrons. The number of aromatic amines is 1. The number of hydrogen-bond acceptors (Lipinski definition) is 3. The van der Waals surface area contributed by atoms with Crippen molar-refractivity contribution >= 4 is 16.9 Å². The monoisotopic (exact) mass is 322 g/mol. The van der Waals surface area contributed by atoms with E-state index < -0.39 is 5.91 Å². The summed E-state index contributed by atoms with van der Waals surface area (Å²) in [5, 5.41) is 3.46. The van der Waals surface area contributed by atoms with Crippen LogP contribution in [-0.4, -0.2) is 21.4 Å². The van der Waals surface area contributed by atoms with Gasteiger partial charge in [-0.15, -0.1) is 0 Å². The van der Waals surface area contributed by atoms with E-state index in [0.29, 0.717) is 11.1 Å². The number of nitrogens with one attached hydrogen (secondary N) is 2. The van der Waals surface area contributed by atoms with Gasteiger partial charge in [-0.1, -0.05) is 30.3 Å². The van der Waals surface area contributed by atoms with Gasteiger partial charge in [0.05, 0.1) is 11.1 Å². The zero-order chi connectivity index (χ0) is 17.3. The van der Waals surface area contributed by atoms with E-state index in [1.165, 1.54) is 5.56 Å². The van der Waals surface area contributed by atoms with Gasteiger partial charge >= 0.3 is 0 Å². The van der Waals surface area contributed by atoms with Crippen LogP contribution >= 0.6 is 0 Å². The standard InChI is InChI=1S/C19H22N4O/c1-19(2,3)21-11-12-7-9-13(10-8-12)18-22-15-6-4-5-14(17(20)24)16(15)23-18/h4-10,21H,11H2,1-3H3,(H2,20,24)(H,22,23). The third kappa shape index (κ3) is 3.46. The van der Waals surface area contributed by atoms with E-state index in [-0.39, 0.29) is 5.54 Å². The van der Waals surface area contributed by atoms with E-state index in [1.807, 2.05) is 18.2 Å². The highest BCUT2D eigenvalue weighted by molar-refractivity contribution is 6.04. The average Bonchev–Trinajstić information content (AvgIpc) is 2.96. The van der Waals surface area contributed by atoms with Crippen molar-refractivity contribution in [2.75, 3.05) is 0 Å². The maximum atomic E-state index is 11.5. The summed E-state index contributed by atoms with van der Waals surface area (Å²) in [6.45, 7) is 7.25. The number of H-pyrrole nitrogens is 1. The van der Waals surface area contributed by atoms with E-state index in [1.54, 1.807) is 12.1 Å². The summed E-state index contributed by atoms with van der Waals surface area (Å²) in [6.07, 6.45) is 0. The van der Waals surface area contributed by atoms with Crippen LogP contribution in [0.15, 0.2) is 42.5 Å². The summed E-state index contributed by atoms with van der Waals surface area (Å²) in [7, 11) is 0. The lowest BCUT2D eigenvalue weighted by atomic mass is 10.1. The quantitative estimate of drug-likeness (QED) is 0.689. The number of imidazole rings is 1. The first-order chi connectivity index (χ1) is 11.3. The molecule has 124 valence electrons. The molecule has 0 saturated heterocycles. The molecule has 0 aliphatic heterocycles. The Morgan fingerprint density at radius 2 is 1.88 bits per heavy atom. The van der Waals surface area contributed by atoms with Gasteiger partial charge in [-0.2, -0.15) is 0 Å². The molecule has 1 heterocycles. The number of nitrogens with zero attached hydrogens (tertiary/aromatic N) is 1. The van der Waals surface area contributed by atoms with Crippen LogP contribution in [-0.2, 0) is 6.54 Å². The van der Waals surface area contributed by atoms with Gasteiger partial charge in [0.1, 0.15) is 11.3 Å². The van der Waals surface area contributed by atoms with Crippen LogP contribution < -0.4 is 11.1 Å². The molecule has 0 bridgehead atoms. The maximum absolute atomic E-state index is 11.5. The molecule has 0 aliphatic rings. The molecular formula is C19H22N4O. The largest absolute Gasteiger partial charge is 0.366 e. The molecule has 2 aromatic carbocycles. The van der Waals surface area contributed by atoms with Crippen LogP contribution in [0.5, 0.6) is 0 Å². The fourth-order valence-electron chi connectivity index (χ4n) is 2.52. The van der Waals surface area contributed by atoms with E-state index in [0.717, 1.165) is 23.4 Å². The lowest BCUT2D eigenvalue weighted by molar-refractivity contribution is 0.100. The number of carbonyl (C=O) groups excluding carboxylic acids is 1. The Balaban J connectivity index is 1.88. The molecule has 0 spiro atoms. The lowest BCUT2D eigenvalue weighted by Gasteiger charge is -2.20. The first-order valence-electron chi connectivity index (χ1n) is 7.96. The minimum Gasteiger partial charge on any atom is -0.366 e. The summed E-state index contributed by atoms with van der Waals surface area (Å²) in [4.78, 5) is 19.3. The molecule has 3 aromatic rings. The Morgan fingerprint density at radius 1 is 1.17 bits per heavy atom. The lowest BCUT2D eigenvalue weighted by Crippen LogP contribution is -2.35. The van der Waals surface area contributed by atoms with Crippen molar-refractivity contribution in [1.82, 2.24) is 15.3 Å². The molecule has 5 nitrogen and oxygen atoms in total. The summed E-state index contributed by atoms with van der Waals surface area (Å²) in [5.41, 5.74) is 9.53. The highest BCUT2D eigenvalue weighted by Gasteiger charge is 2.12. The summed E-state index contributed by atoms with van der Waals surface area (Å²) >= 11 is 0. The zero-order valence-corrected chi connectivity index (χ0v) is 14.2. The van der Waals surface area contributed by atoms with Gasteiger partial charge in [-0.05, 0) is 38.5 Å². The number of aromatic nitrogens is 2. The number of fused-ring (bicyclic) bond motifs is 1. The van der Waals surface area contributed by atoms with Gasteiger partial charge in [-0.3, -0.25) is 4.79 Å². The number of para-hydroxylation sites is 1. The third-order valence-electron chi connectivity index (χ3n) is 3.83. The number of amides is 1. The molecule has 1 aromatic heterocycles. The predicted octanol–water partition coefficient (Wildman–Crippen LogP) is 3.22. The molecule has 5 heteroatoms. The average molecular weight is 322 g/mol. The zero-order valence-electron chi connectivity index (χ0n) is 14.2. The molecule has 0 unspecified atom stereocenters. The number of benzene rings is 2. The first-order valence-corrected chi connectivity index (χ1v) is 7.96. The SMILES string of the molecule is CC(C)(C)NCc1ccc(-c2nc3c(C(N)=O)cccc3[nH]2)cc1. The van der Waals surface area contributed by atoms with Crippen molar-refractivity contribution in [3.63, 3.8) is 0 Å². The number of carbonyl (C=O) groups is 1. The van der Waals surface area contributed by atoms with E-state index in [4.69, 9.17) is 5.73 Å². The van der Waals surface area contributed by atoms with Crippen LogP contribution in [0.4, 0.5) is 0 Å². The Morgan fingerprint density at radius 3 is 2.50 bits per heavy atom. The van der Waals surface area contributed by atoms with Gasteiger partial charge in [0, 0.05) is 17.6 Å². The molecule has 1 amide bonds. The molecule has 3 rings (SSSR count). The van der Waals surface area contributed by atoms with Crippen LogP contribution in [0.3, 0.4) is 0 Å².